The van der Waals surface area contributed by atoms with E-state index in [1.54, 1.807) is 18.8 Å². The third-order valence-electron chi connectivity index (χ3n) is 6.96. The van der Waals surface area contributed by atoms with E-state index in [9.17, 15) is 19.5 Å². The van der Waals surface area contributed by atoms with Crippen LogP contribution in [0.2, 0.25) is 0 Å². The molecule has 0 radical (unpaired) electrons. The molecule has 2 bridgehead atoms. The Labute approximate surface area is 184 Å². The molecule has 7 nitrogen and oxygen atoms in total. The van der Waals surface area contributed by atoms with E-state index in [-0.39, 0.29) is 36.1 Å². The van der Waals surface area contributed by atoms with Gasteiger partial charge in [0, 0.05) is 24.5 Å². The maximum Gasteiger partial charge on any atom is 0.248 e. The van der Waals surface area contributed by atoms with Crippen LogP contribution in [0.5, 0.6) is 0 Å². The fourth-order valence-corrected chi connectivity index (χ4v) is 7.97. The molecular weight excluding hydrogens is 414 g/mol. The second kappa shape index (κ2) is 7.53. The van der Waals surface area contributed by atoms with E-state index >= 15 is 0 Å². The van der Waals surface area contributed by atoms with Crippen LogP contribution >= 0.6 is 11.8 Å². The topological polar surface area (TPSA) is 98.7 Å². The molecule has 0 aliphatic carbocycles. The Balaban J connectivity index is 1.49. The van der Waals surface area contributed by atoms with E-state index in [4.69, 9.17) is 0 Å². The molecule has 162 valence electrons. The molecule has 31 heavy (non-hydrogen) atoms. The summed E-state index contributed by atoms with van der Waals surface area (Å²) in [7, 11) is 1.58. The first-order valence-electron chi connectivity index (χ1n) is 10.6. The Hall–Kier alpha value is -2.58. The number of hydrogen-bond acceptors (Lipinski definition) is 5. The predicted molar refractivity (Wildman–Crippen MR) is 120 cm³/mol. The van der Waals surface area contributed by atoms with Gasteiger partial charge in [0.25, 0.3) is 0 Å². The summed E-state index contributed by atoms with van der Waals surface area (Å²) in [6.45, 7) is -0.147. The monoisotopic (exact) mass is 439 g/mol. The number of carbonyl (C=O) groups is 3. The van der Waals surface area contributed by atoms with Crippen molar-refractivity contribution in [3.05, 3.63) is 42.5 Å². The SMILES string of the molecule is CNC(=O)[C@@H]1[C@H]2C(=O)N(CCO)C(C(=O)Nc3ccc4ccccc4c3)C23CC[C@H]1S3. The third-order valence-corrected chi connectivity index (χ3v) is 8.91. The summed E-state index contributed by atoms with van der Waals surface area (Å²) < 4.78 is -0.630. The van der Waals surface area contributed by atoms with Gasteiger partial charge in [-0.15, -0.1) is 11.8 Å². The summed E-state index contributed by atoms with van der Waals surface area (Å²) in [5.74, 6) is -1.57. The molecule has 0 aromatic heterocycles. The number of aliphatic hydroxyl groups is 1. The van der Waals surface area contributed by atoms with Crippen molar-refractivity contribution < 1.29 is 19.5 Å². The van der Waals surface area contributed by atoms with E-state index in [1.165, 1.54) is 4.90 Å². The van der Waals surface area contributed by atoms with Crippen LogP contribution in [0.4, 0.5) is 5.69 Å². The molecule has 3 heterocycles. The maximum absolute atomic E-state index is 13.6. The second-order valence-corrected chi connectivity index (χ2v) is 10.1. The number of hydrogen-bond donors (Lipinski definition) is 3. The Morgan fingerprint density at radius 2 is 1.97 bits per heavy atom. The highest BCUT2D eigenvalue weighted by atomic mass is 32.2. The van der Waals surface area contributed by atoms with Gasteiger partial charge in [0.05, 0.1) is 23.2 Å². The van der Waals surface area contributed by atoms with Crippen molar-refractivity contribution in [1.82, 2.24) is 10.2 Å². The van der Waals surface area contributed by atoms with Crippen LogP contribution in [0.1, 0.15) is 12.8 Å². The second-order valence-electron chi connectivity index (χ2n) is 8.48. The molecule has 1 spiro atoms. The lowest BCUT2D eigenvalue weighted by Gasteiger charge is -2.34. The van der Waals surface area contributed by atoms with Crippen molar-refractivity contribution in [2.45, 2.75) is 28.9 Å². The minimum atomic E-state index is -0.715. The Kier molecular flexibility index (Phi) is 4.94. The highest BCUT2D eigenvalue weighted by Crippen LogP contribution is 2.66. The van der Waals surface area contributed by atoms with E-state index in [2.05, 4.69) is 10.6 Å². The van der Waals surface area contributed by atoms with E-state index in [0.717, 1.165) is 17.2 Å². The van der Waals surface area contributed by atoms with Gasteiger partial charge in [-0.1, -0.05) is 30.3 Å². The number of likely N-dealkylation sites (tertiary alicyclic amines) is 1. The molecule has 3 fully saturated rings. The lowest BCUT2D eigenvalue weighted by Crippen LogP contribution is -2.52. The van der Waals surface area contributed by atoms with Crippen LogP contribution < -0.4 is 10.6 Å². The Bertz CT molecular complexity index is 1080. The largest absolute Gasteiger partial charge is 0.395 e. The van der Waals surface area contributed by atoms with Crippen LogP contribution in [0.25, 0.3) is 10.8 Å². The lowest BCUT2D eigenvalue weighted by molar-refractivity contribution is -0.139. The number of nitrogens with one attached hydrogen (secondary N) is 2. The Morgan fingerprint density at radius 3 is 2.71 bits per heavy atom. The zero-order valence-electron chi connectivity index (χ0n) is 17.2. The number of amides is 3. The minimum Gasteiger partial charge on any atom is -0.395 e. The maximum atomic E-state index is 13.6. The fraction of sp³-hybridized carbons (Fsp3) is 0.435. The number of anilines is 1. The first-order valence-corrected chi connectivity index (χ1v) is 11.5. The molecule has 0 saturated carbocycles. The van der Waals surface area contributed by atoms with Crippen LogP contribution in [-0.2, 0) is 14.4 Å². The van der Waals surface area contributed by atoms with Gasteiger partial charge < -0.3 is 20.6 Å². The molecule has 2 aromatic rings. The summed E-state index contributed by atoms with van der Waals surface area (Å²) in [6.07, 6.45) is 1.52. The molecule has 3 aliphatic heterocycles. The number of benzene rings is 2. The molecule has 3 N–H and O–H groups in total. The number of rotatable bonds is 5. The van der Waals surface area contributed by atoms with Gasteiger partial charge >= 0.3 is 0 Å². The molecule has 2 unspecified atom stereocenters. The number of β-amino-alcohol motifs (C(OH)–C–C–N with tert-alkyl or cyclic N) is 1. The first-order chi connectivity index (χ1) is 15.0. The highest BCUT2D eigenvalue weighted by Gasteiger charge is 2.73. The van der Waals surface area contributed by atoms with Crippen molar-refractivity contribution in [3.8, 4) is 0 Å². The molecule has 5 atom stereocenters. The van der Waals surface area contributed by atoms with Crippen molar-refractivity contribution in [2.24, 2.45) is 11.8 Å². The number of aliphatic hydroxyl groups excluding tert-OH is 1. The van der Waals surface area contributed by atoms with Crippen molar-refractivity contribution >= 4 is 45.9 Å². The van der Waals surface area contributed by atoms with E-state index in [1.807, 2.05) is 42.5 Å². The first kappa shape index (κ1) is 20.3. The average molecular weight is 440 g/mol. The molecule has 2 aromatic carbocycles. The zero-order chi connectivity index (χ0) is 21.8. The van der Waals surface area contributed by atoms with Crippen LogP contribution in [-0.4, -0.2) is 64.0 Å². The fourth-order valence-electron chi connectivity index (χ4n) is 5.75. The molecule has 8 heteroatoms. The Morgan fingerprint density at radius 1 is 1.19 bits per heavy atom. The highest BCUT2D eigenvalue weighted by molar-refractivity contribution is 8.02. The van der Waals surface area contributed by atoms with Gasteiger partial charge in [-0.3, -0.25) is 14.4 Å². The van der Waals surface area contributed by atoms with Crippen LogP contribution in [0.3, 0.4) is 0 Å². The van der Waals surface area contributed by atoms with Gasteiger partial charge in [-0.05, 0) is 35.7 Å². The quantitative estimate of drug-likeness (QED) is 0.658. The number of nitrogens with zero attached hydrogens (tertiary/aromatic N) is 1. The van der Waals surface area contributed by atoms with Gasteiger partial charge in [0.1, 0.15) is 6.04 Å². The zero-order valence-corrected chi connectivity index (χ0v) is 18.0. The summed E-state index contributed by atoms with van der Waals surface area (Å²) in [5.41, 5.74) is 0.667. The summed E-state index contributed by atoms with van der Waals surface area (Å²) in [5, 5.41) is 17.4. The lowest BCUT2D eigenvalue weighted by atomic mass is 9.71. The summed E-state index contributed by atoms with van der Waals surface area (Å²) in [4.78, 5) is 41.0. The molecular formula is C23H25N3O4S. The molecule has 3 aliphatic rings. The van der Waals surface area contributed by atoms with Crippen molar-refractivity contribution in [3.63, 3.8) is 0 Å². The molecule has 3 saturated heterocycles. The number of thioether (sulfide) groups is 1. The predicted octanol–water partition coefficient (Wildman–Crippen LogP) is 1.61. The van der Waals surface area contributed by atoms with Crippen molar-refractivity contribution in [2.75, 3.05) is 25.5 Å². The van der Waals surface area contributed by atoms with E-state index < -0.39 is 22.6 Å². The van der Waals surface area contributed by atoms with Gasteiger partial charge in [0.15, 0.2) is 0 Å². The standard InChI is InChI=1S/C23H25N3O4S/c1-24-20(28)17-16-8-9-23(31-16)18(17)22(30)26(10-11-27)19(23)21(29)25-15-7-6-13-4-2-3-5-14(13)12-15/h2-7,12,16-19,27H,8-11H2,1H3,(H,24,28)(H,25,29)/t16-,17+,18+,19?,23?/m1/s1. The molecule has 3 amide bonds. The van der Waals surface area contributed by atoms with Gasteiger partial charge in [-0.25, -0.2) is 0 Å². The van der Waals surface area contributed by atoms with Crippen LogP contribution in [0, 0.1) is 11.8 Å². The summed E-state index contributed by atoms with van der Waals surface area (Å²) in [6, 6.07) is 12.9. The summed E-state index contributed by atoms with van der Waals surface area (Å²) >= 11 is 1.62. The van der Waals surface area contributed by atoms with Gasteiger partial charge in [-0.2, -0.15) is 0 Å². The number of fused-ring (bicyclic) bond motifs is 2. The number of carbonyl (C=O) groups excluding carboxylic acids is 3. The minimum absolute atomic E-state index is 0.0427. The average Bonchev–Trinajstić information content (AvgIpc) is 3.41. The van der Waals surface area contributed by atoms with E-state index in [0.29, 0.717) is 12.1 Å². The molecule has 5 rings (SSSR count). The van der Waals surface area contributed by atoms with Gasteiger partial charge in [0.2, 0.25) is 17.7 Å². The normalized spacial score (nSPS) is 31.2. The van der Waals surface area contributed by atoms with Crippen molar-refractivity contribution in [1.29, 1.82) is 0 Å². The van der Waals surface area contributed by atoms with Crippen LogP contribution in [0.15, 0.2) is 42.5 Å². The smallest absolute Gasteiger partial charge is 0.248 e. The third kappa shape index (κ3) is 2.96.